The number of hydrogen-bond donors (Lipinski definition) is 1. The van der Waals surface area contributed by atoms with Crippen molar-refractivity contribution < 1.29 is 19.0 Å². The number of ether oxygens (including phenoxy) is 3. The first-order valence-electron chi connectivity index (χ1n) is 13.0. The highest BCUT2D eigenvalue weighted by Gasteiger charge is 2.25. The molecule has 12 nitrogen and oxygen atoms in total. The maximum atomic E-state index is 14.1. The number of benzene rings is 2. The van der Waals surface area contributed by atoms with E-state index in [1.807, 2.05) is 29.3 Å². The molecule has 5 aromatic rings. The fourth-order valence-corrected chi connectivity index (χ4v) is 6.11. The van der Waals surface area contributed by atoms with E-state index < -0.39 is 5.91 Å². The summed E-state index contributed by atoms with van der Waals surface area (Å²) in [6.07, 6.45) is 0. The van der Waals surface area contributed by atoms with Crippen LogP contribution >= 0.6 is 11.3 Å². The van der Waals surface area contributed by atoms with Gasteiger partial charge in [0.1, 0.15) is 18.0 Å². The molecule has 212 valence electrons. The van der Waals surface area contributed by atoms with Crippen molar-refractivity contribution in [3.05, 3.63) is 74.9 Å². The van der Waals surface area contributed by atoms with Crippen LogP contribution in [-0.2, 0) is 16.1 Å². The number of rotatable bonds is 7. The lowest BCUT2D eigenvalue weighted by Gasteiger charge is -2.31. The number of pyridine rings is 1. The lowest BCUT2D eigenvalue weighted by atomic mass is 10.2. The molecule has 13 heteroatoms. The minimum absolute atomic E-state index is 0.268. The first-order chi connectivity index (χ1) is 19.9. The number of anilines is 1. The van der Waals surface area contributed by atoms with E-state index in [1.165, 1.54) is 45.7 Å². The van der Waals surface area contributed by atoms with Crippen LogP contribution in [0.5, 0.6) is 11.5 Å². The number of carbonyl (C=O) groups is 1. The van der Waals surface area contributed by atoms with Crippen molar-refractivity contribution in [2.45, 2.75) is 13.5 Å². The number of fused-ring (bicyclic) bond motifs is 2. The fraction of sp³-hybridized carbons (Fsp3) is 0.286. The van der Waals surface area contributed by atoms with Gasteiger partial charge >= 0.3 is 0 Å². The van der Waals surface area contributed by atoms with E-state index in [-0.39, 0.29) is 17.7 Å². The molecule has 1 amide bonds. The van der Waals surface area contributed by atoms with Crippen molar-refractivity contribution in [1.29, 1.82) is 0 Å². The fourth-order valence-electron chi connectivity index (χ4n) is 5.14. The molecule has 2 aromatic carbocycles. The third-order valence-electron chi connectivity index (χ3n) is 7.04. The highest BCUT2D eigenvalue weighted by atomic mass is 32.1. The van der Waals surface area contributed by atoms with Crippen molar-refractivity contribution in [2.24, 2.45) is 0 Å². The molecule has 0 unspecified atom stereocenters. The quantitative estimate of drug-likeness (QED) is 0.314. The summed E-state index contributed by atoms with van der Waals surface area (Å²) in [5.74, 6) is 0.556. The number of amides is 1. The summed E-state index contributed by atoms with van der Waals surface area (Å²) < 4.78 is 21.5. The molecule has 1 aliphatic heterocycles. The minimum atomic E-state index is -0.432. The second-order valence-electron chi connectivity index (χ2n) is 9.46. The van der Waals surface area contributed by atoms with Crippen molar-refractivity contribution in [3.63, 3.8) is 0 Å². The summed E-state index contributed by atoms with van der Waals surface area (Å²) in [5.41, 5.74) is 1.30. The number of para-hydroxylation sites is 1. The zero-order valence-electron chi connectivity index (χ0n) is 22.7. The Morgan fingerprint density at radius 2 is 1.85 bits per heavy atom. The van der Waals surface area contributed by atoms with Crippen LogP contribution in [0.4, 0.5) is 5.69 Å². The molecule has 1 saturated heterocycles. The molecule has 1 fully saturated rings. The van der Waals surface area contributed by atoms with Crippen molar-refractivity contribution in [2.75, 3.05) is 50.8 Å². The first-order valence-corrected chi connectivity index (χ1v) is 13.8. The lowest BCUT2D eigenvalue weighted by molar-refractivity contribution is -0.116. The number of nitrogens with zero attached hydrogens (tertiary/aromatic N) is 5. The number of aromatic nitrogens is 4. The number of nitrogens with one attached hydrogen (secondary N) is 1. The SMILES string of the molecule is COc1ccc(OC)c(NC(=O)Cn2c3cc(=O)n(N4CCOCC4)c(C)c3c(=O)n2-c2nc3ccccc3s2)c1. The van der Waals surface area contributed by atoms with E-state index in [4.69, 9.17) is 14.2 Å². The van der Waals surface area contributed by atoms with Crippen LogP contribution in [0.15, 0.2) is 58.1 Å². The Bertz CT molecular complexity index is 1870. The summed E-state index contributed by atoms with van der Waals surface area (Å²) in [6.45, 7) is 3.47. The molecule has 0 aliphatic carbocycles. The van der Waals surface area contributed by atoms with Gasteiger partial charge < -0.3 is 24.5 Å². The third-order valence-corrected chi connectivity index (χ3v) is 8.05. The summed E-state index contributed by atoms with van der Waals surface area (Å²) in [7, 11) is 3.03. The minimum Gasteiger partial charge on any atom is -0.497 e. The van der Waals surface area contributed by atoms with E-state index in [0.717, 1.165) is 10.2 Å². The molecule has 0 saturated carbocycles. The smallest absolute Gasteiger partial charge is 0.283 e. The van der Waals surface area contributed by atoms with Crippen molar-refractivity contribution >= 4 is 44.1 Å². The van der Waals surface area contributed by atoms with Crippen LogP contribution in [0.2, 0.25) is 0 Å². The molecule has 0 bridgehead atoms. The van der Waals surface area contributed by atoms with Gasteiger partial charge in [0.05, 0.1) is 73.0 Å². The number of methoxy groups -OCH3 is 2. The third kappa shape index (κ3) is 4.72. The Kier molecular flexibility index (Phi) is 6.97. The second-order valence-corrected chi connectivity index (χ2v) is 10.5. The van der Waals surface area contributed by atoms with Gasteiger partial charge in [-0.2, -0.15) is 4.68 Å². The first kappa shape index (κ1) is 26.6. The second kappa shape index (κ2) is 10.7. The Hall–Kier alpha value is -4.62. The Morgan fingerprint density at radius 3 is 2.59 bits per heavy atom. The van der Waals surface area contributed by atoms with Crippen molar-refractivity contribution in [1.82, 2.24) is 19.0 Å². The van der Waals surface area contributed by atoms with Gasteiger partial charge in [0.25, 0.3) is 11.1 Å². The average molecular weight is 577 g/mol. The Morgan fingerprint density at radius 1 is 1.07 bits per heavy atom. The summed E-state index contributed by atoms with van der Waals surface area (Å²) in [5, 5.41) is 5.46. The van der Waals surface area contributed by atoms with Gasteiger partial charge in [0, 0.05) is 12.1 Å². The highest BCUT2D eigenvalue weighted by molar-refractivity contribution is 7.20. The molecular formula is C28H28N6O6S. The van der Waals surface area contributed by atoms with E-state index in [1.54, 1.807) is 25.1 Å². The van der Waals surface area contributed by atoms with Crippen molar-refractivity contribution in [3.8, 4) is 16.6 Å². The maximum Gasteiger partial charge on any atom is 0.283 e. The topological polar surface area (TPSA) is 122 Å². The average Bonchev–Trinajstić information content (AvgIpc) is 3.51. The molecule has 1 N–H and O–H groups in total. The van der Waals surface area contributed by atoms with E-state index in [9.17, 15) is 14.4 Å². The lowest BCUT2D eigenvalue weighted by Crippen LogP contribution is -2.49. The summed E-state index contributed by atoms with van der Waals surface area (Å²) >= 11 is 1.33. The largest absolute Gasteiger partial charge is 0.497 e. The van der Waals surface area contributed by atoms with Crippen LogP contribution in [-0.4, -0.2) is 65.5 Å². The number of carbonyl (C=O) groups excluding carboxylic acids is 1. The Balaban J connectivity index is 1.51. The van der Waals surface area contributed by atoms with Crippen LogP contribution in [0.25, 0.3) is 26.3 Å². The molecule has 1 aliphatic rings. The monoisotopic (exact) mass is 576 g/mol. The van der Waals surface area contributed by atoms with E-state index in [2.05, 4.69) is 10.3 Å². The molecule has 41 heavy (non-hydrogen) atoms. The van der Waals surface area contributed by atoms with Crippen LogP contribution in [0.3, 0.4) is 0 Å². The molecule has 0 spiro atoms. The Labute approximate surface area is 237 Å². The normalized spacial score (nSPS) is 13.6. The zero-order chi connectivity index (χ0) is 28.7. The van der Waals surface area contributed by atoms with E-state index in [0.29, 0.717) is 65.2 Å². The van der Waals surface area contributed by atoms with Gasteiger partial charge in [0.15, 0.2) is 0 Å². The van der Waals surface area contributed by atoms with Gasteiger partial charge in [-0.05, 0) is 31.2 Å². The van der Waals surface area contributed by atoms with E-state index >= 15 is 0 Å². The number of morpholine rings is 1. The van der Waals surface area contributed by atoms with Gasteiger partial charge in [-0.15, -0.1) is 0 Å². The predicted molar refractivity (Wildman–Crippen MR) is 157 cm³/mol. The molecule has 0 atom stereocenters. The standard InChI is InChI=1S/C28H28N6O6S/c1-17-26-21(15-25(36)33(17)31-10-12-40-13-11-31)32(16-24(35)29-20-14-18(38-2)8-9-22(20)39-3)34(27(26)37)28-30-19-6-4-5-7-23(19)41-28/h4-9,14-15H,10-13,16H2,1-3H3,(H,29,35). The molecule has 3 aromatic heterocycles. The number of hydrogen-bond acceptors (Lipinski definition) is 9. The summed E-state index contributed by atoms with van der Waals surface area (Å²) in [4.78, 5) is 45.7. The summed E-state index contributed by atoms with van der Waals surface area (Å²) in [6, 6.07) is 14.0. The number of aryl methyl sites for hydroxylation is 1. The molecule has 4 heterocycles. The highest BCUT2D eigenvalue weighted by Crippen LogP contribution is 2.29. The van der Waals surface area contributed by atoms with Gasteiger partial charge in [0.2, 0.25) is 11.0 Å². The van der Waals surface area contributed by atoms with Crippen LogP contribution in [0, 0.1) is 6.92 Å². The molecule has 6 rings (SSSR count). The maximum absolute atomic E-state index is 14.1. The molecular weight excluding hydrogens is 548 g/mol. The van der Waals surface area contributed by atoms with Crippen LogP contribution in [0.1, 0.15) is 5.69 Å². The van der Waals surface area contributed by atoms with Gasteiger partial charge in [-0.3, -0.25) is 19.1 Å². The van der Waals surface area contributed by atoms with Gasteiger partial charge in [-0.1, -0.05) is 23.5 Å². The zero-order valence-corrected chi connectivity index (χ0v) is 23.6. The molecule has 0 radical (unpaired) electrons. The van der Waals surface area contributed by atoms with Gasteiger partial charge in [-0.25, -0.2) is 9.66 Å². The predicted octanol–water partition coefficient (Wildman–Crippen LogP) is 2.50. The number of thiazole rings is 1. The van der Waals surface area contributed by atoms with Crippen LogP contribution < -0.4 is 30.9 Å².